The quantitative estimate of drug-likeness (QED) is 0.582. The van der Waals surface area contributed by atoms with Crippen molar-refractivity contribution in [3.8, 4) is 5.75 Å². The monoisotopic (exact) mass is 499 g/mol. The van der Waals surface area contributed by atoms with Crippen molar-refractivity contribution >= 4 is 57.6 Å². The van der Waals surface area contributed by atoms with Crippen LogP contribution in [0.4, 0.5) is 5.69 Å². The first-order valence-electron chi connectivity index (χ1n) is 10.7. The van der Waals surface area contributed by atoms with E-state index in [2.05, 4.69) is 27.7 Å². The number of nitrogens with one attached hydrogen (secondary N) is 2. The second-order valence-electron chi connectivity index (χ2n) is 8.10. The molecule has 4 rings (SSSR count). The Morgan fingerprint density at radius 3 is 2.97 bits per heavy atom. The van der Waals surface area contributed by atoms with Gasteiger partial charge in [-0.15, -0.1) is 11.6 Å². The molecule has 2 fully saturated rings. The number of methoxy groups -OCH3 is 1. The zero-order valence-corrected chi connectivity index (χ0v) is 20.3. The van der Waals surface area contributed by atoms with E-state index in [1.165, 1.54) is 11.8 Å². The van der Waals surface area contributed by atoms with Crippen LogP contribution in [0, 0.1) is 5.92 Å². The SMILES string of the molecule is CCCN1C(=O)C2CC(Cl)CCC2N2C(SCC(=O)Nc3cc(Cl)ccc3OC)=NNC12. The van der Waals surface area contributed by atoms with E-state index >= 15 is 0 Å². The predicted molar refractivity (Wildman–Crippen MR) is 128 cm³/mol. The molecule has 1 saturated heterocycles. The first-order chi connectivity index (χ1) is 15.4. The summed E-state index contributed by atoms with van der Waals surface area (Å²) in [5.74, 6) is 0.503. The van der Waals surface area contributed by atoms with Crippen LogP contribution in [0.5, 0.6) is 5.75 Å². The van der Waals surface area contributed by atoms with Crippen LogP contribution in [0.15, 0.2) is 23.3 Å². The number of thioether (sulfide) groups is 1. The van der Waals surface area contributed by atoms with Crippen molar-refractivity contribution in [3.63, 3.8) is 0 Å². The largest absolute Gasteiger partial charge is 0.495 e. The zero-order chi connectivity index (χ0) is 22.8. The molecule has 4 unspecified atom stereocenters. The number of anilines is 1. The highest BCUT2D eigenvalue weighted by molar-refractivity contribution is 8.14. The third-order valence-corrected chi connectivity index (χ3v) is 7.59. The maximum atomic E-state index is 13.2. The molecule has 2 amide bonds. The molecule has 0 aromatic heterocycles. The Morgan fingerprint density at radius 2 is 2.22 bits per heavy atom. The number of alkyl halides is 1. The molecule has 2 aliphatic heterocycles. The fourth-order valence-electron chi connectivity index (χ4n) is 4.59. The maximum absolute atomic E-state index is 13.2. The fourth-order valence-corrected chi connectivity index (χ4v) is 5.91. The smallest absolute Gasteiger partial charge is 0.234 e. The summed E-state index contributed by atoms with van der Waals surface area (Å²) in [7, 11) is 1.54. The number of halogens is 2. The highest BCUT2D eigenvalue weighted by Crippen LogP contribution is 2.40. The first-order valence-corrected chi connectivity index (χ1v) is 12.5. The maximum Gasteiger partial charge on any atom is 0.234 e. The van der Waals surface area contributed by atoms with E-state index in [1.807, 2.05) is 4.90 Å². The predicted octanol–water partition coefficient (Wildman–Crippen LogP) is 3.51. The van der Waals surface area contributed by atoms with Gasteiger partial charge in [0.2, 0.25) is 11.8 Å². The van der Waals surface area contributed by atoms with Gasteiger partial charge in [-0.3, -0.25) is 15.0 Å². The van der Waals surface area contributed by atoms with E-state index < -0.39 is 0 Å². The second kappa shape index (κ2) is 9.97. The fraction of sp³-hybridized carbons (Fsp3) is 0.571. The van der Waals surface area contributed by atoms with Gasteiger partial charge in [0.15, 0.2) is 11.5 Å². The summed E-state index contributed by atoms with van der Waals surface area (Å²) >= 11 is 13.8. The molecule has 3 aliphatic rings. The third-order valence-electron chi connectivity index (χ3n) is 6.00. The van der Waals surface area contributed by atoms with Gasteiger partial charge in [0.1, 0.15) is 5.75 Å². The molecule has 174 valence electrons. The Hall–Kier alpha value is -1.84. The standard InChI is InChI=1S/C21H27Cl2N5O3S/c1-3-8-27-19(30)14-9-12(22)4-6-16(14)28-20(27)25-26-21(28)32-11-18(29)24-15-10-13(23)5-7-17(15)31-2/h5,7,10,12,14,16,20,25H,3-4,6,8-9,11H2,1-2H3,(H,24,29). The van der Waals surface area contributed by atoms with E-state index in [1.54, 1.807) is 25.3 Å². The average molecular weight is 500 g/mol. The summed E-state index contributed by atoms with van der Waals surface area (Å²) in [6.07, 6.45) is 2.90. The number of benzene rings is 1. The van der Waals surface area contributed by atoms with Crippen LogP contribution in [0.1, 0.15) is 32.6 Å². The van der Waals surface area contributed by atoms with E-state index in [4.69, 9.17) is 27.9 Å². The number of amides is 2. The molecule has 11 heteroatoms. The molecule has 2 N–H and O–H groups in total. The van der Waals surface area contributed by atoms with Gasteiger partial charge in [0.25, 0.3) is 0 Å². The number of carbonyl (C=O) groups is 2. The molecule has 1 aliphatic carbocycles. The molecule has 1 aromatic carbocycles. The van der Waals surface area contributed by atoms with Crippen LogP contribution in [0.2, 0.25) is 5.02 Å². The third kappa shape index (κ3) is 4.61. The van der Waals surface area contributed by atoms with Gasteiger partial charge < -0.3 is 19.9 Å². The Morgan fingerprint density at radius 1 is 1.41 bits per heavy atom. The van der Waals surface area contributed by atoms with Crippen molar-refractivity contribution in [1.82, 2.24) is 15.2 Å². The summed E-state index contributed by atoms with van der Waals surface area (Å²) in [5, 5.41) is 8.59. The van der Waals surface area contributed by atoms with Crippen LogP contribution < -0.4 is 15.5 Å². The summed E-state index contributed by atoms with van der Waals surface area (Å²) in [6, 6.07) is 5.10. The van der Waals surface area contributed by atoms with Gasteiger partial charge >= 0.3 is 0 Å². The molecular formula is C21H27Cl2N5O3S. The summed E-state index contributed by atoms with van der Waals surface area (Å²) < 4.78 is 5.29. The lowest BCUT2D eigenvalue weighted by molar-refractivity contribution is -0.155. The normalized spacial score (nSPS) is 26.8. The molecular weight excluding hydrogens is 473 g/mol. The summed E-state index contributed by atoms with van der Waals surface area (Å²) in [4.78, 5) is 29.8. The van der Waals surface area contributed by atoms with Gasteiger partial charge in [-0.05, 0) is 43.9 Å². The molecule has 8 nitrogen and oxygen atoms in total. The van der Waals surface area contributed by atoms with Gasteiger partial charge in [-0.1, -0.05) is 30.3 Å². The number of hydrogen-bond acceptors (Lipinski definition) is 7. The van der Waals surface area contributed by atoms with Crippen LogP contribution in [-0.2, 0) is 9.59 Å². The minimum Gasteiger partial charge on any atom is -0.495 e. The number of amidine groups is 1. The van der Waals surface area contributed by atoms with E-state index in [0.29, 0.717) is 29.4 Å². The Kier molecular flexibility index (Phi) is 7.27. The number of hydrogen-bond donors (Lipinski definition) is 2. The van der Waals surface area contributed by atoms with E-state index in [0.717, 1.165) is 24.4 Å². The van der Waals surface area contributed by atoms with Crippen LogP contribution in [0.3, 0.4) is 0 Å². The molecule has 2 heterocycles. The van der Waals surface area contributed by atoms with Crippen molar-refractivity contribution in [2.45, 2.75) is 50.3 Å². The van der Waals surface area contributed by atoms with Gasteiger partial charge in [0, 0.05) is 23.0 Å². The minimum absolute atomic E-state index is 0.0160. The zero-order valence-electron chi connectivity index (χ0n) is 18.0. The van der Waals surface area contributed by atoms with Gasteiger partial charge in [0.05, 0.1) is 24.5 Å². The topological polar surface area (TPSA) is 86.3 Å². The van der Waals surface area contributed by atoms with Gasteiger partial charge in [-0.25, -0.2) is 0 Å². The molecule has 1 aromatic rings. The number of fused-ring (bicyclic) bond motifs is 3. The molecule has 1 saturated carbocycles. The molecule has 0 radical (unpaired) electrons. The Labute approximate surface area is 202 Å². The lowest BCUT2D eigenvalue weighted by atomic mass is 9.81. The lowest BCUT2D eigenvalue weighted by Crippen LogP contribution is -2.67. The van der Waals surface area contributed by atoms with Crippen LogP contribution in [-0.4, -0.2) is 63.9 Å². The number of ether oxygens (including phenoxy) is 1. The molecule has 4 atom stereocenters. The first kappa shape index (κ1) is 23.3. The Bertz CT molecular complexity index is 917. The van der Waals surface area contributed by atoms with Crippen molar-refractivity contribution in [2.24, 2.45) is 11.0 Å². The number of carbonyl (C=O) groups excluding carboxylic acids is 2. The van der Waals surface area contributed by atoms with E-state index in [9.17, 15) is 9.59 Å². The average Bonchev–Trinajstić information content (AvgIpc) is 3.19. The van der Waals surface area contributed by atoms with Crippen molar-refractivity contribution in [3.05, 3.63) is 23.2 Å². The lowest BCUT2D eigenvalue weighted by Gasteiger charge is -2.51. The van der Waals surface area contributed by atoms with Crippen molar-refractivity contribution in [1.29, 1.82) is 0 Å². The number of rotatable bonds is 6. The Balaban J connectivity index is 1.45. The molecule has 0 spiro atoms. The van der Waals surface area contributed by atoms with Crippen molar-refractivity contribution in [2.75, 3.05) is 24.7 Å². The molecule has 0 bridgehead atoms. The van der Waals surface area contributed by atoms with Gasteiger partial charge in [-0.2, -0.15) is 5.10 Å². The summed E-state index contributed by atoms with van der Waals surface area (Å²) in [5.41, 5.74) is 3.63. The minimum atomic E-state index is -0.311. The van der Waals surface area contributed by atoms with Crippen molar-refractivity contribution < 1.29 is 14.3 Å². The highest BCUT2D eigenvalue weighted by atomic mass is 35.5. The highest BCUT2D eigenvalue weighted by Gasteiger charge is 2.51. The van der Waals surface area contributed by atoms with E-state index in [-0.39, 0.29) is 41.2 Å². The van der Waals surface area contributed by atoms with Crippen LogP contribution in [0.25, 0.3) is 0 Å². The molecule has 32 heavy (non-hydrogen) atoms. The summed E-state index contributed by atoms with van der Waals surface area (Å²) in [6.45, 7) is 2.69. The number of nitrogens with zero attached hydrogens (tertiary/aromatic N) is 3. The van der Waals surface area contributed by atoms with Crippen LogP contribution >= 0.6 is 35.0 Å². The number of hydrazone groups is 1. The second-order valence-corrected chi connectivity index (χ2v) is 10.1.